The predicted molar refractivity (Wildman–Crippen MR) is 82.1 cm³/mol. The van der Waals surface area contributed by atoms with Crippen LogP contribution in [0.3, 0.4) is 0 Å². The van der Waals surface area contributed by atoms with Gasteiger partial charge in [0.25, 0.3) is 0 Å². The lowest BCUT2D eigenvalue weighted by Gasteiger charge is -2.26. The number of carbonyl (C=O) groups is 1. The van der Waals surface area contributed by atoms with Crippen molar-refractivity contribution in [3.05, 3.63) is 35.9 Å². The molecule has 1 heterocycles. The molecule has 1 aromatic rings. The summed E-state index contributed by atoms with van der Waals surface area (Å²) in [6.45, 7) is 3.98. The first-order chi connectivity index (χ1) is 9.07. The Balaban J connectivity index is 0.00000200. The van der Waals surface area contributed by atoms with Crippen LogP contribution in [0.25, 0.3) is 0 Å². The monoisotopic (exact) mass is 298 g/mol. The van der Waals surface area contributed by atoms with Gasteiger partial charge in [-0.1, -0.05) is 37.3 Å². The Morgan fingerprint density at radius 1 is 1.45 bits per heavy atom. The Kier molecular flexibility index (Phi) is 5.99. The third-order valence-electron chi connectivity index (χ3n) is 3.92. The number of nitrogens with two attached hydrogens (primary N) is 1. The van der Waals surface area contributed by atoms with E-state index in [4.69, 9.17) is 10.5 Å². The fourth-order valence-electron chi connectivity index (χ4n) is 2.71. The second-order valence-corrected chi connectivity index (χ2v) is 5.50. The van der Waals surface area contributed by atoms with Crippen LogP contribution in [0.4, 0.5) is 0 Å². The van der Waals surface area contributed by atoms with Gasteiger partial charge in [-0.25, -0.2) is 0 Å². The zero-order valence-corrected chi connectivity index (χ0v) is 12.9. The van der Waals surface area contributed by atoms with Gasteiger partial charge < -0.3 is 15.4 Å². The first kappa shape index (κ1) is 17.0. The molecule has 1 aliphatic rings. The number of methoxy groups -OCH3 is 1. The molecule has 2 unspecified atom stereocenters. The van der Waals surface area contributed by atoms with Crippen molar-refractivity contribution in [2.45, 2.75) is 24.8 Å². The zero-order chi connectivity index (χ0) is 13.9. The first-order valence-corrected chi connectivity index (χ1v) is 6.66. The maximum Gasteiger partial charge on any atom is 0.241 e. The molecule has 2 rings (SSSR count). The Labute approximate surface area is 126 Å². The van der Waals surface area contributed by atoms with Crippen LogP contribution in [0, 0.1) is 0 Å². The summed E-state index contributed by atoms with van der Waals surface area (Å²) in [5, 5.41) is 0. The molecule has 1 aliphatic heterocycles. The molecule has 0 saturated carbocycles. The maximum absolute atomic E-state index is 12.2. The summed E-state index contributed by atoms with van der Waals surface area (Å²) >= 11 is 0. The van der Waals surface area contributed by atoms with E-state index in [1.54, 1.807) is 7.11 Å². The lowest BCUT2D eigenvalue weighted by Crippen LogP contribution is -2.46. The van der Waals surface area contributed by atoms with Crippen molar-refractivity contribution in [2.24, 2.45) is 5.73 Å². The van der Waals surface area contributed by atoms with Crippen LogP contribution in [-0.2, 0) is 14.9 Å². The molecule has 1 saturated heterocycles. The highest BCUT2D eigenvalue weighted by molar-refractivity contribution is 5.85. The third kappa shape index (κ3) is 3.51. The van der Waals surface area contributed by atoms with Crippen molar-refractivity contribution in [3.63, 3.8) is 0 Å². The Hall–Kier alpha value is -1.10. The van der Waals surface area contributed by atoms with E-state index in [-0.39, 0.29) is 30.3 Å². The molecule has 0 radical (unpaired) electrons. The number of benzene rings is 1. The fourth-order valence-corrected chi connectivity index (χ4v) is 2.71. The van der Waals surface area contributed by atoms with Crippen LogP contribution >= 0.6 is 12.4 Å². The van der Waals surface area contributed by atoms with Crippen molar-refractivity contribution < 1.29 is 9.53 Å². The average Bonchev–Trinajstić information content (AvgIpc) is 2.83. The highest BCUT2D eigenvalue weighted by Gasteiger charge is 2.38. The summed E-state index contributed by atoms with van der Waals surface area (Å²) < 4.78 is 4.95. The van der Waals surface area contributed by atoms with Crippen LogP contribution < -0.4 is 5.73 Å². The molecule has 2 atom stereocenters. The van der Waals surface area contributed by atoms with Crippen molar-refractivity contribution in [3.8, 4) is 0 Å². The molecule has 112 valence electrons. The number of nitrogens with zero attached hydrogens (tertiary/aromatic N) is 1. The van der Waals surface area contributed by atoms with Crippen LogP contribution in [0.15, 0.2) is 30.3 Å². The van der Waals surface area contributed by atoms with Gasteiger partial charge in [0.05, 0.1) is 6.61 Å². The van der Waals surface area contributed by atoms with Crippen molar-refractivity contribution in [1.82, 2.24) is 4.90 Å². The lowest BCUT2D eigenvalue weighted by atomic mass is 9.82. The SMILES string of the molecule is COCC(N)C(=O)N1CCC(C)(c2ccccc2)C1.Cl. The molecule has 5 heteroatoms. The predicted octanol–water partition coefficient (Wildman–Crippen LogP) is 1.57. The van der Waals surface area contributed by atoms with Crippen molar-refractivity contribution in [1.29, 1.82) is 0 Å². The van der Waals surface area contributed by atoms with Gasteiger partial charge in [0.1, 0.15) is 6.04 Å². The van der Waals surface area contributed by atoms with Crippen LogP contribution in [0.1, 0.15) is 18.9 Å². The van der Waals surface area contributed by atoms with Gasteiger partial charge in [-0.3, -0.25) is 4.79 Å². The minimum absolute atomic E-state index is 0. The van der Waals surface area contributed by atoms with Crippen molar-refractivity contribution in [2.75, 3.05) is 26.8 Å². The van der Waals surface area contributed by atoms with Gasteiger partial charge in [-0.15, -0.1) is 12.4 Å². The molecule has 1 fully saturated rings. The number of halogens is 1. The molecular weight excluding hydrogens is 276 g/mol. The summed E-state index contributed by atoms with van der Waals surface area (Å²) in [7, 11) is 1.56. The van der Waals surface area contributed by atoms with Gasteiger partial charge in [0.15, 0.2) is 0 Å². The van der Waals surface area contributed by atoms with E-state index in [1.165, 1.54) is 5.56 Å². The number of rotatable bonds is 4. The number of carbonyl (C=O) groups excluding carboxylic acids is 1. The molecule has 1 aromatic carbocycles. The Bertz CT molecular complexity index is 441. The largest absolute Gasteiger partial charge is 0.383 e. The number of ether oxygens (including phenoxy) is 1. The highest BCUT2D eigenvalue weighted by atomic mass is 35.5. The topological polar surface area (TPSA) is 55.6 Å². The molecule has 0 aliphatic carbocycles. The number of amides is 1. The smallest absolute Gasteiger partial charge is 0.241 e. The standard InChI is InChI=1S/C15H22N2O2.ClH/c1-15(12-6-4-3-5-7-12)8-9-17(11-15)14(18)13(16)10-19-2;/h3-7,13H,8-11,16H2,1-2H3;1H. The van der Waals surface area contributed by atoms with E-state index in [0.717, 1.165) is 19.5 Å². The normalized spacial score (nSPS) is 23.2. The summed E-state index contributed by atoms with van der Waals surface area (Å²) in [6, 6.07) is 9.80. The van der Waals surface area contributed by atoms with E-state index in [9.17, 15) is 4.79 Å². The van der Waals surface area contributed by atoms with Gasteiger partial charge in [-0.05, 0) is 12.0 Å². The number of hydrogen-bond acceptors (Lipinski definition) is 3. The van der Waals surface area contributed by atoms with E-state index in [0.29, 0.717) is 0 Å². The summed E-state index contributed by atoms with van der Waals surface area (Å²) in [5.74, 6) is -0.0125. The van der Waals surface area contributed by atoms with Crippen LogP contribution in [0.2, 0.25) is 0 Å². The number of hydrogen-bond donors (Lipinski definition) is 1. The van der Waals surface area contributed by atoms with E-state index < -0.39 is 6.04 Å². The van der Waals surface area contributed by atoms with E-state index >= 15 is 0 Å². The van der Waals surface area contributed by atoms with E-state index in [1.807, 2.05) is 23.1 Å². The highest BCUT2D eigenvalue weighted by Crippen LogP contribution is 2.34. The van der Waals surface area contributed by atoms with Crippen LogP contribution in [0.5, 0.6) is 0 Å². The second-order valence-electron chi connectivity index (χ2n) is 5.50. The van der Waals surface area contributed by atoms with Gasteiger partial charge in [0.2, 0.25) is 5.91 Å². The zero-order valence-electron chi connectivity index (χ0n) is 12.0. The van der Waals surface area contributed by atoms with Gasteiger partial charge in [0, 0.05) is 25.6 Å². The average molecular weight is 299 g/mol. The van der Waals surface area contributed by atoms with Crippen LogP contribution in [-0.4, -0.2) is 43.7 Å². The molecule has 0 spiro atoms. The molecular formula is C15H23ClN2O2. The van der Waals surface area contributed by atoms with Gasteiger partial charge >= 0.3 is 0 Å². The lowest BCUT2D eigenvalue weighted by molar-refractivity contribution is -0.132. The molecule has 2 N–H and O–H groups in total. The molecule has 4 nitrogen and oxygen atoms in total. The first-order valence-electron chi connectivity index (χ1n) is 6.66. The fraction of sp³-hybridized carbons (Fsp3) is 0.533. The summed E-state index contributed by atoms with van der Waals surface area (Å²) in [4.78, 5) is 14.0. The minimum atomic E-state index is -0.553. The van der Waals surface area contributed by atoms with Gasteiger partial charge in [-0.2, -0.15) is 0 Å². The maximum atomic E-state index is 12.2. The van der Waals surface area contributed by atoms with E-state index in [2.05, 4.69) is 19.1 Å². The summed E-state index contributed by atoms with van der Waals surface area (Å²) in [6.07, 6.45) is 0.975. The third-order valence-corrected chi connectivity index (χ3v) is 3.92. The molecule has 0 bridgehead atoms. The summed E-state index contributed by atoms with van der Waals surface area (Å²) in [5.41, 5.74) is 7.13. The molecule has 1 amide bonds. The quantitative estimate of drug-likeness (QED) is 0.918. The second kappa shape index (κ2) is 7.07. The minimum Gasteiger partial charge on any atom is -0.383 e. The number of likely N-dealkylation sites (tertiary alicyclic amines) is 1. The Morgan fingerprint density at radius 3 is 2.70 bits per heavy atom. The molecule has 0 aromatic heterocycles. The molecule has 20 heavy (non-hydrogen) atoms. The van der Waals surface area contributed by atoms with Crippen molar-refractivity contribution >= 4 is 18.3 Å². The Morgan fingerprint density at radius 2 is 2.10 bits per heavy atom.